The van der Waals surface area contributed by atoms with E-state index in [1.807, 2.05) is 18.2 Å². The number of allylic oxidation sites excluding steroid dienone is 1. The molecule has 0 radical (unpaired) electrons. The monoisotopic (exact) mass is 179 g/mol. The van der Waals surface area contributed by atoms with E-state index in [0.29, 0.717) is 0 Å². The quantitative estimate of drug-likeness (QED) is 0.367. The molecule has 1 N–H and O–H groups in total. The van der Waals surface area contributed by atoms with Gasteiger partial charge in [0.2, 0.25) is 0 Å². The van der Waals surface area contributed by atoms with Gasteiger partial charge in [-0.3, -0.25) is 0 Å². The number of hydrogen-bond donors (Lipinski definition) is 1. The van der Waals surface area contributed by atoms with Crippen LogP contribution in [0.2, 0.25) is 0 Å². The number of hydrogen-bond acceptors (Lipinski definition) is 1. The van der Waals surface area contributed by atoms with Gasteiger partial charge in [-0.15, -0.1) is 0 Å². The van der Waals surface area contributed by atoms with Crippen molar-refractivity contribution in [2.24, 2.45) is 0 Å². The Bertz CT molecular complexity index is 306. The Morgan fingerprint density at radius 3 is 3.08 bits per heavy atom. The molecule has 0 saturated heterocycles. The highest BCUT2D eigenvalue weighted by Gasteiger charge is 2.06. The van der Waals surface area contributed by atoms with Gasteiger partial charge in [0.05, 0.1) is 0 Å². The van der Waals surface area contributed by atoms with Gasteiger partial charge in [-0.1, -0.05) is 42.0 Å². The zero-order valence-electron chi connectivity index (χ0n) is 6.63. The van der Waals surface area contributed by atoms with Crippen LogP contribution in [0.1, 0.15) is 5.56 Å². The minimum Gasteiger partial charge on any atom is -0.366 e. The van der Waals surface area contributed by atoms with Gasteiger partial charge >= 0.3 is 0 Å². The van der Waals surface area contributed by atoms with E-state index in [1.54, 1.807) is 0 Å². The molecule has 0 aromatic heterocycles. The Balaban J connectivity index is 2.38. The molecule has 0 amide bonds. The van der Waals surface area contributed by atoms with Crippen LogP contribution in [0.15, 0.2) is 36.4 Å². The SMILES string of the molecule is ClC1C=CCc2ccccc2N1. The fraction of sp³-hybridized carbons (Fsp3) is 0.200. The molecule has 1 nitrogen and oxygen atoms in total. The lowest BCUT2D eigenvalue weighted by Gasteiger charge is -2.09. The maximum Gasteiger partial charge on any atom is 0.120 e. The molecule has 0 fully saturated rings. The summed E-state index contributed by atoms with van der Waals surface area (Å²) in [6, 6.07) is 8.23. The number of alkyl halides is 1. The molecule has 62 valence electrons. The molecule has 1 aromatic carbocycles. The molecule has 2 heteroatoms. The molecule has 1 atom stereocenters. The van der Waals surface area contributed by atoms with Crippen molar-refractivity contribution < 1.29 is 0 Å². The normalized spacial score (nSPS) is 20.9. The maximum absolute atomic E-state index is 5.95. The highest BCUT2D eigenvalue weighted by molar-refractivity contribution is 6.22. The summed E-state index contributed by atoms with van der Waals surface area (Å²) in [6.07, 6.45) is 5.03. The number of para-hydroxylation sites is 1. The molecule has 12 heavy (non-hydrogen) atoms. The molecule has 0 spiro atoms. The van der Waals surface area contributed by atoms with E-state index in [2.05, 4.69) is 23.5 Å². The van der Waals surface area contributed by atoms with Gasteiger partial charge in [-0.2, -0.15) is 0 Å². The lowest BCUT2D eigenvalue weighted by Crippen LogP contribution is -2.07. The molecular formula is C10H10ClN. The van der Waals surface area contributed by atoms with E-state index < -0.39 is 0 Å². The van der Waals surface area contributed by atoms with Crippen molar-refractivity contribution in [3.63, 3.8) is 0 Å². The third-order valence-corrected chi connectivity index (χ3v) is 2.21. The zero-order chi connectivity index (χ0) is 8.39. The number of halogens is 1. The van der Waals surface area contributed by atoms with Crippen molar-refractivity contribution in [2.75, 3.05) is 5.32 Å². The Morgan fingerprint density at radius 1 is 1.33 bits per heavy atom. The van der Waals surface area contributed by atoms with Gasteiger partial charge < -0.3 is 5.32 Å². The predicted molar refractivity (Wildman–Crippen MR) is 52.5 cm³/mol. The summed E-state index contributed by atoms with van der Waals surface area (Å²) in [4.78, 5) is 0. The van der Waals surface area contributed by atoms with Crippen LogP contribution in [0, 0.1) is 0 Å². The van der Waals surface area contributed by atoms with Gasteiger partial charge in [0.1, 0.15) is 5.50 Å². The lowest BCUT2D eigenvalue weighted by molar-refractivity contribution is 1.24. The summed E-state index contributed by atoms with van der Waals surface area (Å²) in [7, 11) is 0. The Labute approximate surface area is 77.0 Å². The second-order valence-electron chi connectivity index (χ2n) is 2.84. The molecular weight excluding hydrogens is 170 g/mol. The van der Waals surface area contributed by atoms with Crippen molar-refractivity contribution in [2.45, 2.75) is 11.9 Å². The van der Waals surface area contributed by atoms with Gasteiger partial charge in [0, 0.05) is 5.69 Å². The number of anilines is 1. The lowest BCUT2D eigenvalue weighted by atomic mass is 10.1. The van der Waals surface area contributed by atoms with Gasteiger partial charge in [0.15, 0.2) is 0 Å². The summed E-state index contributed by atoms with van der Waals surface area (Å²) in [5.41, 5.74) is 2.37. The fourth-order valence-corrected chi connectivity index (χ4v) is 1.57. The van der Waals surface area contributed by atoms with Crippen LogP contribution in [0.4, 0.5) is 5.69 Å². The van der Waals surface area contributed by atoms with E-state index in [1.165, 1.54) is 5.56 Å². The summed E-state index contributed by atoms with van der Waals surface area (Å²) in [5.74, 6) is 0. The minimum atomic E-state index is -0.0753. The average molecular weight is 180 g/mol. The summed E-state index contributed by atoms with van der Waals surface area (Å²) in [6.45, 7) is 0. The first-order valence-electron chi connectivity index (χ1n) is 4.01. The number of benzene rings is 1. The molecule has 1 heterocycles. The number of fused-ring (bicyclic) bond motifs is 1. The zero-order valence-corrected chi connectivity index (χ0v) is 7.38. The molecule has 2 rings (SSSR count). The van der Waals surface area contributed by atoms with E-state index >= 15 is 0 Å². The maximum atomic E-state index is 5.95. The van der Waals surface area contributed by atoms with Gasteiger partial charge in [-0.05, 0) is 18.1 Å². The molecule has 0 bridgehead atoms. The highest BCUT2D eigenvalue weighted by atomic mass is 35.5. The predicted octanol–water partition coefficient (Wildman–Crippen LogP) is 2.78. The second kappa shape index (κ2) is 3.20. The summed E-state index contributed by atoms with van der Waals surface area (Å²) >= 11 is 5.95. The molecule has 1 unspecified atom stereocenters. The minimum absolute atomic E-state index is 0.0753. The molecule has 1 aliphatic heterocycles. The Morgan fingerprint density at radius 2 is 2.17 bits per heavy atom. The van der Waals surface area contributed by atoms with Crippen LogP contribution in [-0.4, -0.2) is 5.50 Å². The van der Waals surface area contributed by atoms with Crippen LogP contribution in [-0.2, 0) is 6.42 Å². The first-order chi connectivity index (χ1) is 5.86. The molecule has 1 aromatic rings. The summed E-state index contributed by atoms with van der Waals surface area (Å²) in [5, 5.41) is 3.20. The van der Waals surface area contributed by atoms with Crippen LogP contribution < -0.4 is 5.32 Å². The third kappa shape index (κ3) is 1.46. The van der Waals surface area contributed by atoms with Crippen molar-refractivity contribution >= 4 is 17.3 Å². The first-order valence-corrected chi connectivity index (χ1v) is 4.45. The van der Waals surface area contributed by atoms with Crippen molar-refractivity contribution in [1.82, 2.24) is 0 Å². The second-order valence-corrected chi connectivity index (χ2v) is 3.31. The van der Waals surface area contributed by atoms with Crippen molar-refractivity contribution in [3.05, 3.63) is 42.0 Å². The molecule has 1 aliphatic rings. The van der Waals surface area contributed by atoms with Crippen LogP contribution in [0.25, 0.3) is 0 Å². The van der Waals surface area contributed by atoms with Crippen molar-refractivity contribution in [1.29, 1.82) is 0 Å². The average Bonchev–Trinajstić information content (AvgIpc) is 2.25. The number of rotatable bonds is 0. The Hall–Kier alpha value is -0.950. The first kappa shape index (κ1) is 7.69. The van der Waals surface area contributed by atoms with Crippen LogP contribution >= 0.6 is 11.6 Å². The molecule has 0 aliphatic carbocycles. The van der Waals surface area contributed by atoms with Crippen LogP contribution in [0.5, 0.6) is 0 Å². The third-order valence-electron chi connectivity index (χ3n) is 1.95. The van der Waals surface area contributed by atoms with E-state index in [9.17, 15) is 0 Å². The van der Waals surface area contributed by atoms with Gasteiger partial charge in [0.25, 0.3) is 0 Å². The van der Waals surface area contributed by atoms with Crippen molar-refractivity contribution in [3.8, 4) is 0 Å². The smallest absolute Gasteiger partial charge is 0.120 e. The molecule has 0 saturated carbocycles. The standard InChI is InChI=1S/C10H10ClN/c11-10-7-3-5-8-4-1-2-6-9(8)12-10/h1-4,6-7,10,12H,5H2. The fourth-order valence-electron chi connectivity index (χ4n) is 1.35. The number of nitrogens with one attached hydrogen (secondary N) is 1. The van der Waals surface area contributed by atoms with E-state index in [4.69, 9.17) is 11.6 Å². The summed E-state index contributed by atoms with van der Waals surface area (Å²) < 4.78 is 0. The highest BCUT2D eigenvalue weighted by Crippen LogP contribution is 2.20. The topological polar surface area (TPSA) is 12.0 Å². The van der Waals surface area contributed by atoms with Crippen LogP contribution in [0.3, 0.4) is 0 Å². The van der Waals surface area contributed by atoms with E-state index in [-0.39, 0.29) is 5.50 Å². The van der Waals surface area contributed by atoms with Gasteiger partial charge in [-0.25, -0.2) is 0 Å². The largest absolute Gasteiger partial charge is 0.366 e. The van der Waals surface area contributed by atoms with E-state index in [0.717, 1.165) is 12.1 Å². The Kier molecular flexibility index (Phi) is 2.05.